The molecule has 0 fully saturated rings. The Balaban J connectivity index is 2.71. The molecule has 0 bridgehead atoms. The van der Waals surface area contributed by atoms with Crippen LogP contribution in [-0.2, 0) is 0 Å². The van der Waals surface area contributed by atoms with Gasteiger partial charge in [-0.15, -0.1) is 0 Å². The summed E-state index contributed by atoms with van der Waals surface area (Å²) in [6, 6.07) is 4.40. The molecule has 0 saturated heterocycles. The lowest BCUT2D eigenvalue weighted by molar-refractivity contribution is 0.209. The highest BCUT2D eigenvalue weighted by Gasteiger charge is 2.16. The second-order valence-electron chi connectivity index (χ2n) is 4.02. The van der Waals surface area contributed by atoms with Gasteiger partial charge >= 0.3 is 0 Å². The van der Waals surface area contributed by atoms with E-state index in [0.29, 0.717) is 12.6 Å². The van der Waals surface area contributed by atoms with E-state index in [2.05, 4.69) is 29.8 Å². The zero-order valence-corrected chi connectivity index (χ0v) is 10.4. The van der Waals surface area contributed by atoms with Crippen LogP contribution in [0.4, 0.5) is 0 Å². The summed E-state index contributed by atoms with van der Waals surface area (Å²) < 4.78 is 0. The second kappa shape index (κ2) is 7.36. The molecule has 0 spiro atoms. The summed E-state index contributed by atoms with van der Waals surface area (Å²) in [6.45, 7) is 7.22. The van der Waals surface area contributed by atoms with Crippen molar-refractivity contribution < 1.29 is 0 Å². The van der Waals surface area contributed by atoms with Gasteiger partial charge in [0.05, 0.1) is 0 Å². The first-order valence-electron chi connectivity index (χ1n) is 6.17. The van der Waals surface area contributed by atoms with E-state index in [9.17, 15) is 0 Å². The fourth-order valence-corrected chi connectivity index (χ4v) is 1.96. The quantitative estimate of drug-likeness (QED) is 0.767. The van der Waals surface area contributed by atoms with E-state index in [1.54, 1.807) is 6.20 Å². The topological polar surface area (TPSA) is 42.1 Å². The van der Waals surface area contributed by atoms with Crippen LogP contribution in [0.3, 0.4) is 0 Å². The van der Waals surface area contributed by atoms with Gasteiger partial charge in [0.15, 0.2) is 0 Å². The van der Waals surface area contributed by atoms with E-state index >= 15 is 0 Å². The Bertz CT molecular complexity index is 274. The van der Waals surface area contributed by atoms with Gasteiger partial charge in [0.25, 0.3) is 0 Å². The molecule has 1 rings (SSSR count). The third-order valence-corrected chi connectivity index (χ3v) is 2.94. The number of hydrogen-bond donors (Lipinski definition) is 1. The first kappa shape index (κ1) is 13.1. The predicted octanol–water partition coefficient (Wildman–Crippen LogP) is 2.20. The lowest BCUT2D eigenvalue weighted by Gasteiger charge is -2.29. The minimum atomic E-state index is 0.310. The number of pyridine rings is 1. The van der Waals surface area contributed by atoms with Crippen molar-refractivity contribution in [1.29, 1.82) is 0 Å². The number of likely N-dealkylation sites (N-methyl/N-ethyl adjacent to an activating group) is 1. The normalized spacial score (nSPS) is 13.0. The summed E-state index contributed by atoms with van der Waals surface area (Å²) in [4.78, 5) is 6.60. The van der Waals surface area contributed by atoms with Crippen molar-refractivity contribution >= 4 is 0 Å². The number of rotatable bonds is 7. The van der Waals surface area contributed by atoms with Crippen LogP contribution in [0.2, 0.25) is 0 Å². The van der Waals surface area contributed by atoms with Gasteiger partial charge < -0.3 is 5.73 Å². The maximum atomic E-state index is 5.88. The highest BCUT2D eigenvalue weighted by atomic mass is 15.2. The largest absolute Gasteiger partial charge is 0.329 e. The van der Waals surface area contributed by atoms with E-state index < -0.39 is 0 Å². The molecule has 2 N–H and O–H groups in total. The highest BCUT2D eigenvalue weighted by Crippen LogP contribution is 2.18. The number of nitrogens with two attached hydrogens (primary N) is 1. The summed E-state index contributed by atoms with van der Waals surface area (Å²) in [7, 11) is 0. The number of hydrogen-bond acceptors (Lipinski definition) is 3. The van der Waals surface area contributed by atoms with Crippen LogP contribution in [-0.4, -0.2) is 29.5 Å². The molecule has 1 heterocycles. The molecule has 0 radical (unpaired) electrons. The van der Waals surface area contributed by atoms with E-state index in [4.69, 9.17) is 5.73 Å². The maximum Gasteiger partial charge on any atom is 0.0485 e. The van der Waals surface area contributed by atoms with E-state index in [1.165, 1.54) is 18.4 Å². The van der Waals surface area contributed by atoms with Gasteiger partial charge in [-0.1, -0.05) is 26.3 Å². The van der Waals surface area contributed by atoms with Crippen molar-refractivity contribution in [2.24, 2.45) is 5.73 Å². The molecule has 0 aliphatic carbocycles. The van der Waals surface area contributed by atoms with Crippen molar-refractivity contribution in [3.8, 4) is 0 Å². The molecule has 1 aromatic heterocycles. The van der Waals surface area contributed by atoms with Crippen molar-refractivity contribution in [3.05, 3.63) is 30.1 Å². The Kier molecular flexibility index (Phi) is 6.04. The van der Waals surface area contributed by atoms with E-state index in [1.807, 2.05) is 12.3 Å². The van der Waals surface area contributed by atoms with Crippen LogP contribution in [0.25, 0.3) is 0 Å². The molecule has 3 nitrogen and oxygen atoms in total. The minimum absolute atomic E-state index is 0.310. The van der Waals surface area contributed by atoms with E-state index in [-0.39, 0.29) is 0 Å². The van der Waals surface area contributed by atoms with Crippen molar-refractivity contribution in [2.75, 3.05) is 19.6 Å². The van der Waals surface area contributed by atoms with Gasteiger partial charge in [0, 0.05) is 25.0 Å². The van der Waals surface area contributed by atoms with E-state index in [0.717, 1.165) is 13.1 Å². The fourth-order valence-electron chi connectivity index (χ4n) is 1.96. The average Bonchev–Trinajstić information content (AvgIpc) is 2.35. The molecule has 90 valence electrons. The Hall–Kier alpha value is -0.930. The molecule has 0 saturated carbocycles. The third-order valence-electron chi connectivity index (χ3n) is 2.94. The SMILES string of the molecule is CCCCN(CC)C(CN)c1cccnc1. The maximum absolute atomic E-state index is 5.88. The molecule has 1 unspecified atom stereocenters. The van der Waals surface area contributed by atoms with Crippen LogP contribution < -0.4 is 5.73 Å². The van der Waals surface area contributed by atoms with Crippen molar-refractivity contribution in [3.63, 3.8) is 0 Å². The Morgan fingerprint density at radius 2 is 2.25 bits per heavy atom. The highest BCUT2D eigenvalue weighted by molar-refractivity contribution is 5.14. The third kappa shape index (κ3) is 3.58. The van der Waals surface area contributed by atoms with Gasteiger partial charge in [-0.2, -0.15) is 0 Å². The lowest BCUT2D eigenvalue weighted by Crippen LogP contribution is -2.34. The van der Waals surface area contributed by atoms with Gasteiger partial charge in [-0.05, 0) is 31.1 Å². The molecule has 0 aromatic carbocycles. The Morgan fingerprint density at radius 1 is 1.44 bits per heavy atom. The Morgan fingerprint density at radius 3 is 2.75 bits per heavy atom. The Labute approximate surface area is 98.7 Å². The number of aromatic nitrogens is 1. The van der Waals surface area contributed by atoms with Gasteiger partial charge in [0.1, 0.15) is 0 Å². The van der Waals surface area contributed by atoms with Crippen LogP contribution in [0.15, 0.2) is 24.5 Å². The van der Waals surface area contributed by atoms with Crippen LogP contribution >= 0.6 is 0 Å². The number of nitrogens with zero attached hydrogens (tertiary/aromatic N) is 2. The summed E-state index contributed by atoms with van der Waals surface area (Å²) in [6.07, 6.45) is 6.18. The van der Waals surface area contributed by atoms with Gasteiger partial charge in [0.2, 0.25) is 0 Å². The summed E-state index contributed by atoms with van der Waals surface area (Å²) in [5.74, 6) is 0. The standard InChI is InChI=1S/C13H23N3/c1-3-5-9-16(4-2)13(10-14)12-7-6-8-15-11-12/h6-8,11,13H,3-5,9-10,14H2,1-2H3. The van der Waals surface area contributed by atoms with Gasteiger partial charge in [-0.25, -0.2) is 0 Å². The van der Waals surface area contributed by atoms with Crippen molar-refractivity contribution in [1.82, 2.24) is 9.88 Å². The molecule has 16 heavy (non-hydrogen) atoms. The lowest BCUT2D eigenvalue weighted by atomic mass is 10.1. The molecule has 3 heteroatoms. The fraction of sp³-hybridized carbons (Fsp3) is 0.615. The predicted molar refractivity (Wildman–Crippen MR) is 68.2 cm³/mol. The molecule has 0 aliphatic heterocycles. The molecular formula is C13H23N3. The average molecular weight is 221 g/mol. The van der Waals surface area contributed by atoms with Gasteiger partial charge in [-0.3, -0.25) is 9.88 Å². The van der Waals surface area contributed by atoms with Crippen LogP contribution in [0, 0.1) is 0 Å². The van der Waals surface area contributed by atoms with Crippen LogP contribution in [0.1, 0.15) is 38.3 Å². The second-order valence-corrected chi connectivity index (χ2v) is 4.02. The molecule has 1 atom stereocenters. The van der Waals surface area contributed by atoms with Crippen LogP contribution in [0.5, 0.6) is 0 Å². The molecular weight excluding hydrogens is 198 g/mol. The summed E-state index contributed by atoms with van der Waals surface area (Å²) >= 11 is 0. The molecule has 0 aliphatic rings. The zero-order valence-electron chi connectivity index (χ0n) is 10.4. The summed E-state index contributed by atoms with van der Waals surface area (Å²) in [5.41, 5.74) is 7.11. The first-order chi connectivity index (χ1) is 7.83. The minimum Gasteiger partial charge on any atom is -0.329 e. The monoisotopic (exact) mass is 221 g/mol. The zero-order chi connectivity index (χ0) is 11.8. The smallest absolute Gasteiger partial charge is 0.0485 e. The molecule has 1 aromatic rings. The van der Waals surface area contributed by atoms with Crippen molar-refractivity contribution in [2.45, 2.75) is 32.7 Å². The summed E-state index contributed by atoms with van der Waals surface area (Å²) in [5, 5.41) is 0. The first-order valence-corrected chi connectivity index (χ1v) is 6.17. The molecule has 0 amide bonds. The number of unbranched alkanes of at least 4 members (excludes halogenated alkanes) is 1.